The van der Waals surface area contributed by atoms with Crippen LogP contribution < -0.4 is 0 Å². The van der Waals surface area contributed by atoms with Gasteiger partial charge < -0.3 is 0 Å². The molecule has 11 heavy (non-hydrogen) atoms. The highest BCUT2D eigenvalue weighted by Gasteiger charge is 1.91. The van der Waals surface area contributed by atoms with E-state index >= 15 is 0 Å². The first-order chi connectivity index (χ1) is 5.43. The van der Waals surface area contributed by atoms with E-state index < -0.39 is 0 Å². The molecule has 1 aromatic rings. The van der Waals surface area contributed by atoms with Crippen LogP contribution in [0.25, 0.3) is 0 Å². The Balaban J connectivity index is 2.28. The van der Waals surface area contributed by atoms with Crippen LogP contribution in [0.1, 0.15) is 5.56 Å². The van der Waals surface area contributed by atoms with E-state index in [0.717, 1.165) is 18.1 Å². The molecule has 0 saturated carbocycles. The second-order valence-corrected chi connectivity index (χ2v) is 9.23. The van der Waals surface area contributed by atoms with E-state index in [2.05, 4.69) is 36.9 Å². The molecule has 0 heterocycles. The van der Waals surface area contributed by atoms with E-state index in [9.17, 15) is 0 Å². The summed E-state index contributed by atoms with van der Waals surface area (Å²) in [6.07, 6.45) is 0. The largest absolute Gasteiger partial charge is 0.0761 e. The van der Waals surface area contributed by atoms with Crippen LogP contribution in [0.4, 0.5) is 0 Å². The molecule has 0 bridgehead atoms. The minimum absolute atomic E-state index is 1.15. The summed E-state index contributed by atoms with van der Waals surface area (Å²) < 4.78 is 0. The zero-order chi connectivity index (χ0) is 7.94. The predicted molar refractivity (Wildman–Crippen MR) is 53.3 cm³/mol. The fraction of sp³-hybridized carbons (Fsp3) is 0.250. The number of hydrogen-bond acceptors (Lipinski definition) is 0. The van der Waals surface area contributed by atoms with Crippen molar-refractivity contribution in [2.75, 3.05) is 0 Å². The van der Waals surface area contributed by atoms with Gasteiger partial charge in [0, 0.05) is 26.6 Å². The molecule has 3 heteroatoms. The molecule has 0 amide bonds. The summed E-state index contributed by atoms with van der Waals surface area (Å²) in [5.74, 6) is 0. The zero-order valence-electron chi connectivity index (χ0n) is 6.59. The van der Waals surface area contributed by atoms with Crippen molar-refractivity contribution in [2.45, 2.75) is 12.6 Å². The summed E-state index contributed by atoms with van der Waals surface area (Å²) in [5, 5.41) is 0. The molecule has 0 saturated heterocycles. The molecule has 0 unspecified atom stereocenters. The Bertz CT molecular complexity index is 186. The molecule has 0 aliphatic carbocycles. The Labute approximate surface area is 75.5 Å². The fourth-order valence-corrected chi connectivity index (χ4v) is 5.33. The Kier molecular flexibility index (Phi) is 4.49. The molecule has 0 aliphatic rings. The first-order valence-electron chi connectivity index (χ1n) is 3.62. The molecular weight excluding hydrogens is 180 g/mol. The van der Waals surface area contributed by atoms with Gasteiger partial charge in [0.25, 0.3) is 0 Å². The number of hydrogen-bond donors (Lipinski definition) is 0. The van der Waals surface area contributed by atoms with Gasteiger partial charge in [-0.05, 0) is 6.04 Å². The van der Waals surface area contributed by atoms with Crippen LogP contribution in [0.3, 0.4) is 0 Å². The Morgan fingerprint density at radius 3 is 2.55 bits per heavy atom. The molecule has 6 radical (unpaired) electrons. The van der Waals surface area contributed by atoms with Crippen molar-refractivity contribution in [3.63, 3.8) is 0 Å². The van der Waals surface area contributed by atoms with Gasteiger partial charge in [0.1, 0.15) is 0 Å². The van der Waals surface area contributed by atoms with Crippen molar-refractivity contribution >= 4 is 26.6 Å². The van der Waals surface area contributed by atoms with Gasteiger partial charge in [0.15, 0.2) is 0 Å². The van der Waals surface area contributed by atoms with Crippen LogP contribution in [-0.4, -0.2) is 26.6 Å². The maximum Gasteiger partial charge on any atom is 0.0241 e. The Hall–Kier alpha value is -0.129. The smallest absolute Gasteiger partial charge is 0.0241 e. The normalized spacial score (nSPS) is 9.91. The van der Waals surface area contributed by atoms with Crippen molar-refractivity contribution in [1.29, 1.82) is 0 Å². The zero-order valence-corrected chi connectivity index (χ0v) is 9.59. The van der Waals surface area contributed by atoms with Gasteiger partial charge in [-0.1, -0.05) is 42.4 Å². The molecule has 1 aromatic carbocycles. The lowest BCUT2D eigenvalue weighted by Gasteiger charge is -1.96. The van der Waals surface area contributed by atoms with Crippen LogP contribution in [0.2, 0.25) is 6.55 Å². The van der Waals surface area contributed by atoms with Gasteiger partial charge in [-0.25, -0.2) is 0 Å². The van der Waals surface area contributed by atoms with E-state index in [4.69, 9.17) is 0 Å². The minimum Gasteiger partial charge on any atom is -0.0761 e. The van der Waals surface area contributed by atoms with Crippen molar-refractivity contribution in [3.05, 3.63) is 35.9 Å². The lowest BCUT2D eigenvalue weighted by atomic mass is 10.2. The molecule has 0 N–H and O–H groups in total. The standard InChI is InChI=1S/C8H10Si3/c1-9-11-10-7-8-5-3-2-4-6-8/h2-6H,7H2,1H3. The second-order valence-electron chi connectivity index (χ2n) is 2.21. The third kappa shape index (κ3) is 3.69. The highest BCUT2D eigenvalue weighted by Crippen LogP contribution is 1.97. The van der Waals surface area contributed by atoms with E-state index in [0.29, 0.717) is 0 Å². The lowest BCUT2D eigenvalue weighted by Crippen LogP contribution is -2.12. The SMILES string of the molecule is C[Si][Si][Si]Cc1ccccc1. The highest BCUT2D eigenvalue weighted by molar-refractivity contribution is 7.28. The van der Waals surface area contributed by atoms with Gasteiger partial charge in [0.2, 0.25) is 0 Å². The van der Waals surface area contributed by atoms with E-state index in [-0.39, 0.29) is 0 Å². The lowest BCUT2D eigenvalue weighted by molar-refractivity contribution is 1.40. The van der Waals surface area contributed by atoms with E-state index in [1.807, 2.05) is 0 Å². The van der Waals surface area contributed by atoms with Crippen LogP contribution in [0.15, 0.2) is 30.3 Å². The summed E-state index contributed by atoms with van der Waals surface area (Å²) in [6, 6.07) is 12.1. The third-order valence-corrected chi connectivity index (χ3v) is 8.01. The van der Waals surface area contributed by atoms with Gasteiger partial charge >= 0.3 is 0 Å². The highest BCUT2D eigenvalue weighted by atomic mass is 29.5. The second kappa shape index (κ2) is 5.51. The molecule has 0 atom stereocenters. The van der Waals surface area contributed by atoms with Gasteiger partial charge in [-0.2, -0.15) is 0 Å². The van der Waals surface area contributed by atoms with Crippen molar-refractivity contribution in [1.82, 2.24) is 0 Å². The predicted octanol–water partition coefficient (Wildman–Crippen LogP) is 1.18. The maximum atomic E-state index is 2.29. The van der Waals surface area contributed by atoms with Crippen LogP contribution in [0, 0.1) is 0 Å². The van der Waals surface area contributed by atoms with E-state index in [1.165, 1.54) is 20.2 Å². The molecule has 0 fully saturated rings. The van der Waals surface area contributed by atoms with Crippen LogP contribution in [0.5, 0.6) is 0 Å². The fourth-order valence-electron chi connectivity index (χ4n) is 0.831. The van der Waals surface area contributed by atoms with Gasteiger partial charge in [-0.3, -0.25) is 0 Å². The molecule has 0 nitrogen and oxygen atoms in total. The van der Waals surface area contributed by atoms with Crippen molar-refractivity contribution < 1.29 is 0 Å². The minimum atomic E-state index is 1.15. The first-order valence-corrected chi connectivity index (χ1v) is 9.32. The first kappa shape index (κ1) is 8.96. The summed E-state index contributed by atoms with van der Waals surface area (Å²) in [6.45, 7) is 2.29. The van der Waals surface area contributed by atoms with E-state index in [1.54, 1.807) is 0 Å². The summed E-state index contributed by atoms with van der Waals surface area (Å²) in [7, 11) is 3.50. The number of benzene rings is 1. The molecule has 1 rings (SSSR count). The Morgan fingerprint density at radius 1 is 1.18 bits per heavy atom. The van der Waals surface area contributed by atoms with Gasteiger partial charge in [0.05, 0.1) is 0 Å². The molecule has 0 aliphatic heterocycles. The third-order valence-electron chi connectivity index (χ3n) is 1.35. The quantitative estimate of drug-likeness (QED) is 0.494. The topological polar surface area (TPSA) is 0 Å². The average Bonchev–Trinajstić information content (AvgIpc) is 2.07. The summed E-state index contributed by atoms with van der Waals surface area (Å²) in [5.41, 5.74) is 1.50. The summed E-state index contributed by atoms with van der Waals surface area (Å²) in [4.78, 5) is 0. The Morgan fingerprint density at radius 2 is 1.91 bits per heavy atom. The molecule has 0 spiro atoms. The molecule has 0 aromatic heterocycles. The maximum absolute atomic E-state index is 2.29. The number of rotatable bonds is 4. The van der Waals surface area contributed by atoms with Crippen LogP contribution in [-0.2, 0) is 6.04 Å². The van der Waals surface area contributed by atoms with Crippen molar-refractivity contribution in [3.8, 4) is 0 Å². The molecule has 54 valence electrons. The van der Waals surface area contributed by atoms with Crippen molar-refractivity contribution in [2.24, 2.45) is 0 Å². The van der Waals surface area contributed by atoms with Crippen LogP contribution >= 0.6 is 0 Å². The van der Waals surface area contributed by atoms with Gasteiger partial charge in [-0.15, -0.1) is 0 Å². The summed E-state index contributed by atoms with van der Waals surface area (Å²) >= 11 is 0. The molecular formula is C8H10Si3. The monoisotopic (exact) mass is 190 g/mol. The average molecular weight is 190 g/mol.